The lowest BCUT2D eigenvalue weighted by Crippen LogP contribution is -2.32. The summed E-state index contributed by atoms with van der Waals surface area (Å²) >= 11 is 1.36. The average Bonchev–Trinajstić information content (AvgIpc) is 3.20. The Morgan fingerprint density at radius 2 is 1.97 bits per heavy atom. The van der Waals surface area contributed by atoms with Crippen LogP contribution in [0.15, 0.2) is 66.1 Å². The van der Waals surface area contributed by atoms with Gasteiger partial charge in [-0.25, -0.2) is 0 Å². The van der Waals surface area contributed by atoms with Crippen molar-refractivity contribution in [3.8, 4) is 11.5 Å². The van der Waals surface area contributed by atoms with Crippen LogP contribution in [0.3, 0.4) is 0 Å². The Kier molecular flexibility index (Phi) is 6.34. The number of ether oxygens (including phenoxy) is 2. The van der Waals surface area contributed by atoms with Crippen molar-refractivity contribution in [1.29, 1.82) is 0 Å². The highest BCUT2D eigenvalue weighted by Gasteiger charge is 2.19. The summed E-state index contributed by atoms with van der Waals surface area (Å²) in [4.78, 5) is 14.8. The standard InChI is InChI=1S/C22H22N4O3S/c1-25-16-23-24-22(25)30-15-21(27)26(11-5-8-17-6-3-2-4-7-17)18-9-10-19-20(14-18)29-13-12-28-19/h2-10,14,16H,11-13,15H2,1H3. The zero-order chi connectivity index (χ0) is 20.8. The number of hydrogen-bond acceptors (Lipinski definition) is 6. The monoisotopic (exact) mass is 422 g/mol. The smallest absolute Gasteiger partial charge is 0.237 e. The van der Waals surface area contributed by atoms with Crippen molar-refractivity contribution in [2.75, 3.05) is 30.4 Å². The van der Waals surface area contributed by atoms with Crippen LogP contribution in [0.2, 0.25) is 0 Å². The van der Waals surface area contributed by atoms with Crippen molar-refractivity contribution in [3.63, 3.8) is 0 Å². The van der Waals surface area contributed by atoms with E-state index in [9.17, 15) is 4.79 Å². The second-order valence-corrected chi connectivity index (χ2v) is 7.60. The number of benzene rings is 2. The molecule has 0 radical (unpaired) electrons. The zero-order valence-corrected chi connectivity index (χ0v) is 17.4. The van der Waals surface area contributed by atoms with E-state index < -0.39 is 0 Å². The van der Waals surface area contributed by atoms with E-state index in [0.29, 0.717) is 36.4 Å². The lowest BCUT2D eigenvalue weighted by molar-refractivity contribution is -0.116. The Bertz CT molecular complexity index is 1040. The molecule has 1 amide bonds. The van der Waals surface area contributed by atoms with Gasteiger partial charge in [0.25, 0.3) is 0 Å². The molecule has 7 nitrogen and oxygen atoms in total. The first-order chi connectivity index (χ1) is 14.7. The van der Waals surface area contributed by atoms with Crippen LogP contribution in [0, 0.1) is 0 Å². The van der Waals surface area contributed by atoms with Gasteiger partial charge in [-0.15, -0.1) is 10.2 Å². The molecule has 1 aliphatic rings. The predicted molar refractivity (Wildman–Crippen MR) is 117 cm³/mol. The molecule has 0 atom stereocenters. The van der Waals surface area contributed by atoms with Gasteiger partial charge in [-0.1, -0.05) is 54.2 Å². The fourth-order valence-corrected chi connectivity index (χ4v) is 3.78. The van der Waals surface area contributed by atoms with Gasteiger partial charge in [-0.3, -0.25) is 4.79 Å². The van der Waals surface area contributed by atoms with E-state index in [4.69, 9.17) is 9.47 Å². The summed E-state index contributed by atoms with van der Waals surface area (Å²) in [5, 5.41) is 8.59. The van der Waals surface area contributed by atoms with Crippen LogP contribution >= 0.6 is 11.8 Å². The minimum atomic E-state index is -0.0302. The van der Waals surface area contributed by atoms with E-state index in [1.54, 1.807) is 15.8 Å². The molecule has 0 aliphatic carbocycles. The molecule has 154 valence electrons. The maximum absolute atomic E-state index is 13.1. The van der Waals surface area contributed by atoms with Gasteiger partial charge in [-0.2, -0.15) is 0 Å². The van der Waals surface area contributed by atoms with Crippen LogP contribution in [0.4, 0.5) is 5.69 Å². The van der Waals surface area contributed by atoms with Crippen molar-refractivity contribution in [3.05, 3.63) is 66.5 Å². The highest BCUT2D eigenvalue weighted by Crippen LogP contribution is 2.34. The summed E-state index contributed by atoms with van der Waals surface area (Å²) < 4.78 is 13.1. The maximum Gasteiger partial charge on any atom is 0.237 e. The Labute approximate surface area is 179 Å². The number of rotatable bonds is 7. The lowest BCUT2D eigenvalue weighted by atomic mass is 10.2. The normalized spacial score (nSPS) is 12.8. The third-order valence-electron chi connectivity index (χ3n) is 4.53. The largest absolute Gasteiger partial charge is 0.486 e. The van der Waals surface area contributed by atoms with Gasteiger partial charge in [0, 0.05) is 25.3 Å². The highest BCUT2D eigenvalue weighted by atomic mass is 32.2. The van der Waals surface area contributed by atoms with Crippen LogP contribution in [0.25, 0.3) is 6.08 Å². The fraction of sp³-hybridized carbons (Fsp3) is 0.227. The predicted octanol–water partition coefficient (Wildman–Crippen LogP) is 3.43. The maximum atomic E-state index is 13.1. The van der Waals surface area contributed by atoms with E-state index in [1.807, 2.05) is 67.7 Å². The number of carbonyl (C=O) groups is 1. The molecule has 2 aromatic carbocycles. The summed E-state index contributed by atoms with van der Waals surface area (Å²) in [5.41, 5.74) is 1.85. The summed E-state index contributed by atoms with van der Waals surface area (Å²) in [7, 11) is 1.86. The Hall–Kier alpha value is -3.26. The van der Waals surface area contributed by atoms with Crippen LogP contribution < -0.4 is 14.4 Å². The quantitative estimate of drug-likeness (QED) is 0.544. The third kappa shape index (κ3) is 4.83. The van der Waals surface area contributed by atoms with Crippen LogP contribution in [0.1, 0.15) is 5.56 Å². The molecule has 0 saturated heterocycles. The van der Waals surface area contributed by atoms with Gasteiger partial charge in [0.05, 0.1) is 5.75 Å². The van der Waals surface area contributed by atoms with Crippen molar-refractivity contribution in [2.24, 2.45) is 7.05 Å². The minimum Gasteiger partial charge on any atom is -0.486 e. The summed E-state index contributed by atoms with van der Waals surface area (Å²) in [5.74, 6) is 1.58. The fourth-order valence-electron chi connectivity index (χ4n) is 3.02. The zero-order valence-electron chi connectivity index (χ0n) is 16.6. The molecule has 1 aliphatic heterocycles. The number of nitrogens with zero attached hydrogens (tertiary/aromatic N) is 4. The second kappa shape index (κ2) is 9.49. The molecule has 8 heteroatoms. The third-order valence-corrected chi connectivity index (χ3v) is 5.55. The van der Waals surface area contributed by atoms with E-state index in [1.165, 1.54) is 11.8 Å². The molecule has 0 N–H and O–H groups in total. The van der Waals surface area contributed by atoms with Crippen molar-refractivity contribution in [2.45, 2.75) is 5.16 Å². The molecule has 0 fully saturated rings. The van der Waals surface area contributed by atoms with Crippen molar-refractivity contribution < 1.29 is 14.3 Å². The molecular formula is C22H22N4O3S. The molecule has 0 spiro atoms. The number of amides is 1. The first kappa shape index (κ1) is 20.0. The number of anilines is 1. The topological polar surface area (TPSA) is 69.5 Å². The SMILES string of the molecule is Cn1cnnc1SCC(=O)N(CC=Cc1ccccc1)c1ccc2c(c1)OCCO2. The van der Waals surface area contributed by atoms with Gasteiger partial charge < -0.3 is 18.9 Å². The summed E-state index contributed by atoms with van der Waals surface area (Å²) in [6.07, 6.45) is 5.61. The average molecular weight is 423 g/mol. The number of fused-ring (bicyclic) bond motifs is 1. The Morgan fingerprint density at radius 1 is 1.17 bits per heavy atom. The van der Waals surface area contributed by atoms with Crippen LogP contribution in [0.5, 0.6) is 11.5 Å². The molecule has 1 aromatic heterocycles. The molecule has 2 heterocycles. The Balaban J connectivity index is 1.53. The van der Waals surface area contributed by atoms with E-state index in [-0.39, 0.29) is 11.7 Å². The number of hydrogen-bond donors (Lipinski definition) is 0. The molecule has 0 unspecified atom stereocenters. The molecule has 0 bridgehead atoms. The van der Waals surface area contributed by atoms with Gasteiger partial charge in [-0.05, 0) is 17.7 Å². The lowest BCUT2D eigenvalue weighted by Gasteiger charge is -2.24. The molecular weight excluding hydrogens is 400 g/mol. The summed E-state index contributed by atoms with van der Waals surface area (Å²) in [6, 6.07) is 15.6. The van der Waals surface area contributed by atoms with E-state index in [2.05, 4.69) is 10.2 Å². The number of carbonyl (C=O) groups excluding carboxylic acids is 1. The van der Waals surface area contributed by atoms with Gasteiger partial charge in [0.15, 0.2) is 16.7 Å². The van der Waals surface area contributed by atoms with Gasteiger partial charge >= 0.3 is 0 Å². The number of aromatic nitrogens is 3. The highest BCUT2D eigenvalue weighted by molar-refractivity contribution is 7.99. The molecule has 0 saturated carbocycles. The summed E-state index contributed by atoms with van der Waals surface area (Å²) in [6.45, 7) is 1.47. The number of thioether (sulfide) groups is 1. The van der Waals surface area contributed by atoms with E-state index >= 15 is 0 Å². The van der Waals surface area contributed by atoms with Crippen LogP contribution in [-0.2, 0) is 11.8 Å². The first-order valence-electron chi connectivity index (χ1n) is 9.59. The Morgan fingerprint density at radius 3 is 2.73 bits per heavy atom. The molecule has 4 rings (SSSR count). The van der Waals surface area contributed by atoms with Gasteiger partial charge in [0.2, 0.25) is 5.91 Å². The first-order valence-corrected chi connectivity index (χ1v) is 10.6. The number of aryl methyl sites for hydroxylation is 1. The minimum absolute atomic E-state index is 0.0302. The van der Waals surface area contributed by atoms with Crippen molar-refractivity contribution >= 4 is 29.4 Å². The van der Waals surface area contributed by atoms with Crippen molar-refractivity contribution in [1.82, 2.24) is 14.8 Å². The second-order valence-electron chi connectivity index (χ2n) is 6.66. The van der Waals surface area contributed by atoms with E-state index in [0.717, 1.165) is 11.3 Å². The molecule has 30 heavy (non-hydrogen) atoms. The molecule has 3 aromatic rings. The van der Waals surface area contributed by atoms with Gasteiger partial charge in [0.1, 0.15) is 19.5 Å². The van der Waals surface area contributed by atoms with Crippen LogP contribution in [-0.4, -0.2) is 46.2 Å².